The lowest BCUT2D eigenvalue weighted by atomic mass is 9.81. The van der Waals surface area contributed by atoms with Gasteiger partial charge < -0.3 is 25.6 Å². The van der Waals surface area contributed by atoms with Gasteiger partial charge in [0, 0.05) is 22.3 Å². The van der Waals surface area contributed by atoms with Crippen molar-refractivity contribution in [2.45, 2.75) is 49.2 Å². The van der Waals surface area contributed by atoms with Crippen LogP contribution in [0, 0.1) is 5.82 Å². The van der Waals surface area contributed by atoms with Gasteiger partial charge in [0.15, 0.2) is 0 Å². The molecule has 1 fully saturated rings. The standard InChI is InChI=1S/C34H27F7N4O5/c1-31(30(42)47)16-49-28-22(31)14-26(45-27(28)17-5-8-19(35)9-6-17)32(48,34(39,40)41)15-43-29(46)18-7-12-24(50-20-10-11-20)21(13-18)23-3-2-4-25(44-23)33(36,37)38/h2-9,12-14,20,48H,10-11,15-16H2,1H3,(H2,42,47)(H,43,46)/t31-,32-/m0/s1. The average molecular weight is 705 g/mol. The number of ether oxygens (including phenoxy) is 2. The molecule has 0 bridgehead atoms. The molecule has 2 aromatic heterocycles. The Kier molecular flexibility index (Phi) is 8.49. The minimum atomic E-state index is -5.47. The number of halogens is 7. The molecule has 1 aliphatic heterocycles. The summed E-state index contributed by atoms with van der Waals surface area (Å²) in [5, 5.41) is 13.4. The van der Waals surface area contributed by atoms with Crippen molar-refractivity contribution < 1.29 is 54.9 Å². The maximum absolute atomic E-state index is 14.8. The highest BCUT2D eigenvalue weighted by atomic mass is 19.4. The van der Waals surface area contributed by atoms with Crippen molar-refractivity contribution in [3.8, 4) is 34.0 Å². The number of nitrogens with one attached hydrogen (secondary N) is 1. The van der Waals surface area contributed by atoms with Gasteiger partial charge in [0.05, 0.1) is 24.0 Å². The van der Waals surface area contributed by atoms with Crippen LogP contribution < -0.4 is 20.5 Å². The van der Waals surface area contributed by atoms with Crippen LogP contribution in [0.5, 0.6) is 11.5 Å². The third-order valence-corrected chi connectivity index (χ3v) is 8.51. The predicted molar refractivity (Wildman–Crippen MR) is 162 cm³/mol. The van der Waals surface area contributed by atoms with Crippen molar-refractivity contribution in [1.29, 1.82) is 0 Å². The van der Waals surface area contributed by atoms with Gasteiger partial charge in [0.25, 0.3) is 5.91 Å². The molecule has 6 rings (SSSR count). The lowest BCUT2D eigenvalue weighted by Gasteiger charge is -2.31. The summed E-state index contributed by atoms with van der Waals surface area (Å²) in [4.78, 5) is 33.5. The van der Waals surface area contributed by atoms with Crippen LogP contribution in [0.15, 0.2) is 66.7 Å². The van der Waals surface area contributed by atoms with Crippen LogP contribution in [-0.4, -0.2) is 52.3 Å². The van der Waals surface area contributed by atoms with Crippen LogP contribution in [0.3, 0.4) is 0 Å². The summed E-state index contributed by atoms with van der Waals surface area (Å²) in [6, 6.07) is 12.0. The van der Waals surface area contributed by atoms with Crippen molar-refractivity contribution in [3.63, 3.8) is 0 Å². The van der Waals surface area contributed by atoms with E-state index in [0.717, 1.165) is 36.4 Å². The molecule has 1 aliphatic carbocycles. The number of carbonyl (C=O) groups excluding carboxylic acids is 2. The number of primary amides is 1. The normalized spacial score (nSPS) is 18.5. The van der Waals surface area contributed by atoms with E-state index in [4.69, 9.17) is 15.2 Å². The first kappa shape index (κ1) is 34.6. The molecule has 4 N–H and O–H groups in total. The zero-order chi connectivity index (χ0) is 36.2. The Labute approximate surface area is 279 Å². The minimum Gasteiger partial charge on any atom is -0.490 e. The molecule has 4 aromatic rings. The van der Waals surface area contributed by atoms with E-state index in [0.29, 0.717) is 12.8 Å². The number of fused-ring (bicyclic) bond motifs is 1. The van der Waals surface area contributed by atoms with Crippen molar-refractivity contribution in [3.05, 3.63) is 95.1 Å². The number of aromatic nitrogens is 2. The monoisotopic (exact) mass is 704 g/mol. The summed E-state index contributed by atoms with van der Waals surface area (Å²) in [7, 11) is 0. The third kappa shape index (κ3) is 6.42. The van der Waals surface area contributed by atoms with Crippen LogP contribution in [0.4, 0.5) is 30.7 Å². The van der Waals surface area contributed by atoms with Gasteiger partial charge in [-0.3, -0.25) is 9.59 Å². The maximum Gasteiger partial charge on any atom is 0.433 e. The average Bonchev–Trinajstić information content (AvgIpc) is 3.82. The van der Waals surface area contributed by atoms with E-state index < -0.39 is 58.9 Å². The molecule has 0 radical (unpaired) electrons. The van der Waals surface area contributed by atoms with E-state index in [-0.39, 0.29) is 57.9 Å². The molecular formula is C34H27F7N4O5. The summed E-state index contributed by atoms with van der Waals surface area (Å²) >= 11 is 0. The molecule has 2 aliphatic rings. The summed E-state index contributed by atoms with van der Waals surface area (Å²) in [6.45, 7) is -0.515. The van der Waals surface area contributed by atoms with Crippen LogP contribution in [0.25, 0.3) is 22.5 Å². The lowest BCUT2D eigenvalue weighted by molar-refractivity contribution is -0.265. The molecule has 16 heteroatoms. The van der Waals surface area contributed by atoms with Crippen LogP contribution in [0.2, 0.25) is 0 Å². The first-order valence-electron chi connectivity index (χ1n) is 15.1. The molecule has 0 spiro atoms. The molecule has 1 saturated carbocycles. The van der Waals surface area contributed by atoms with E-state index in [1.807, 2.05) is 5.32 Å². The highest BCUT2D eigenvalue weighted by Gasteiger charge is 2.57. The predicted octanol–water partition coefficient (Wildman–Crippen LogP) is 5.83. The maximum atomic E-state index is 14.8. The largest absolute Gasteiger partial charge is 0.490 e. The van der Waals surface area contributed by atoms with Gasteiger partial charge in [-0.1, -0.05) is 6.07 Å². The summed E-state index contributed by atoms with van der Waals surface area (Å²) < 4.78 is 110. The fourth-order valence-electron chi connectivity index (χ4n) is 5.33. The molecule has 9 nitrogen and oxygen atoms in total. The molecular weight excluding hydrogens is 677 g/mol. The molecule has 2 amide bonds. The van der Waals surface area contributed by atoms with E-state index in [9.17, 15) is 45.4 Å². The van der Waals surface area contributed by atoms with Crippen LogP contribution in [0.1, 0.15) is 47.1 Å². The topological polar surface area (TPSA) is 137 Å². The van der Waals surface area contributed by atoms with Crippen molar-refractivity contribution in [2.75, 3.05) is 13.2 Å². The Morgan fingerprint density at radius 3 is 2.32 bits per heavy atom. The number of pyridine rings is 2. The summed E-state index contributed by atoms with van der Waals surface area (Å²) in [6.07, 6.45) is -9.08. The second-order valence-corrected chi connectivity index (χ2v) is 12.2. The minimum absolute atomic E-state index is 0.0169. The fraction of sp³-hybridized carbons (Fsp3) is 0.294. The van der Waals surface area contributed by atoms with Gasteiger partial charge >= 0.3 is 12.4 Å². The fourth-order valence-corrected chi connectivity index (χ4v) is 5.33. The second-order valence-electron chi connectivity index (χ2n) is 12.2. The molecule has 3 heterocycles. The van der Waals surface area contributed by atoms with Gasteiger partial charge in [0.1, 0.15) is 40.7 Å². The van der Waals surface area contributed by atoms with Crippen LogP contribution >= 0.6 is 0 Å². The van der Waals surface area contributed by atoms with Crippen molar-refractivity contribution in [2.24, 2.45) is 5.73 Å². The number of carbonyl (C=O) groups is 2. The van der Waals surface area contributed by atoms with E-state index in [2.05, 4.69) is 9.97 Å². The highest BCUT2D eigenvalue weighted by molar-refractivity contribution is 5.96. The molecule has 50 heavy (non-hydrogen) atoms. The van der Waals surface area contributed by atoms with Gasteiger partial charge in [0.2, 0.25) is 11.5 Å². The number of amides is 2. The highest BCUT2D eigenvalue weighted by Crippen LogP contribution is 2.48. The first-order valence-corrected chi connectivity index (χ1v) is 15.1. The van der Waals surface area contributed by atoms with Gasteiger partial charge in [-0.2, -0.15) is 26.3 Å². The molecule has 2 atom stereocenters. The Bertz CT molecular complexity index is 1980. The van der Waals surface area contributed by atoms with Crippen molar-refractivity contribution >= 4 is 11.8 Å². The Morgan fingerprint density at radius 2 is 1.70 bits per heavy atom. The number of hydrogen-bond acceptors (Lipinski definition) is 7. The SMILES string of the molecule is C[C@]1(C(N)=O)COc2c1cc([C@@](O)(CNC(=O)c1ccc(OC3CC3)c(-c3cccc(C(F)(F)F)n3)c1)C(F)(F)F)nc2-c1ccc(F)cc1. The Balaban J connectivity index is 1.38. The number of alkyl halides is 6. The van der Waals surface area contributed by atoms with E-state index in [1.165, 1.54) is 37.3 Å². The molecule has 0 saturated heterocycles. The zero-order valence-corrected chi connectivity index (χ0v) is 26.0. The summed E-state index contributed by atoms with van der Waals surface area (Å²) in [5.74, 6) is -2.72. The number of aliphatic hydroxyl groups is 1. The molecule has 0 unspecified atom stereocenters. The van der Waals surface area contributed by atoms with Gasteiger partial charge in [-0.05, 0) is 80.4 Å². The van der Waals surface area contributed by atoms with Crippen molar-refractivity contribution in [1.82, 2.24) is 15.3 Å². The van der Waals surface area contributed by atoms with Gasteiger partial charge in [-0.25, -0.2) is 14.4 Å². The molecule has 2 aromatic carbocycles. The quantitative estimate of drug-likeness (QED) is 0.187. The van der Waals surface area contributed by atoms with E-state index in [1.54, 1.807) is 0 Å². The van der Waals surface area contributed by atoms with Gasteiger partial charge in [-0.15, -0.1) is 0 Å². The lowest BCUT2D eigenvalue weighted by Crippen LogP contribution is -2.51. The molecule has 262 valence electrons. The smallest absolute Gasteiger partial charge is 0.433 e. The zero-order valence-electron chi connectivity index (χ0n) is 26.0. The second kappa shape index (κ2) is 12.3. The van der Waals surface area contributed by atoms with E-state index >= 15 is 0 Å². The Hall–Kier alpha value is -5.25. The third-order valence-electron chi connectivity index (χ3n) is 8.51. The van der Waals surface area contributed by atoms with Crippen LogP contribution in [-0.2, 0) is 22.0 Å². The Morgan fingerprint density at radius 1 is 1.00 bits per heavy atom. The number of nitrogens with zero attached hydrogens (tertiary/aromatic N) is 2. The first-order chi connectivity index (χ1) is 23.4. The number of hydrogen-bond donors (Lipinski definition) is 3. The number of nitrogens with two attached hydrogens (primary N) is 1. The summed E-state index contributed by atoms with van der Waals surface area (Å²) in [5.41, 5.74) is -2.93. The number of rotatable bonds is 9. The number of benzene rings is 2.